The lowest BCUT2D eigenvalue weighted by Gasteiger charge is -2.26. The molecule has 0 aromatic heterocycles. The summed E-state index contributed by atoms with van der Waals surface area (Å²) in [5, 5.41) is 10.7. The first-order chi connectivity index (χ1) is 8.74. The molecule has 0 radical (unpaired) electrons. The maximum Gasteiger partial charge on any atom is 0.122 e. The second-order valence-electron chi connectivity index (χ2n) is 4.50. The third-order valence-electron chi connectivity index (χ3n) is 3.28. The molecule has 0 spiro atoms. The largest absolute Gasteiger partial charge is 0.497 e. The van der Waals surface area contributed by atoms with Crippen LogP contribution < -0.4 is 9.47 Å². The molecule has 18 heavy (non-hydrogen) atoms. The summed E-state index contributed by atoms with van der Waals surface area (Å²) in [5.74, 6) is 2.59. The second kappa shape index (κ2) is 6.34. The van der Waals surface area contributed by atoms with Crippen LogP contribution in [0.4, 0.5) is 0 Å². The summed E-state index contributed by atoms with van der Waals surface area (Å²) in [6.07, 6.45) is 3.09. The van der Waals surface area contributed by atoms with Crippen molar-refractivity contribution < 1.29 is 14.6 Å². The molecule has 1 saturated heterocycles. The molecule has 2 rings (SSSR count). The van der Waals surface area contributed by atoms with Gasteiger partial charge in [-0.15, -0.1) is 0 Å². The highest BCUT2D eigenvalue weighted by Gasteiger charge is 2.24. The zero-order valence-electron chi connectivity index (χ0n) is 10.9. The number of hydrogen-bond acceptors (Lipinski definition) is 4. The molecule has 0 bridgehead atoms. The number of benzene rings is 1. The summed E-state index contributed by atoms with van der Waals surface area (Å²) in [7, 11) is 3.25. The van der Waals surface area contributed by atoms with E-state index >= 15 is 0 Å². The number of rotatable bonds is 4. The van der Waals surface area contributed by atoms with E-state index in [9.17, 15) is 5.11 Å². The van der Waals surface area contributed by atoms with E-state index in [0.717, 1.165) is 29.2 Å². The maximum absolute atomic E-state index is 10.5. The Labute approximate surface area is 112 Å². The zero-order valence-corrected chi connectivity index (χ0v) is 11.7. The first kappa shape index (κ1) is 13.6. The van der Waals surface area contributed by atoms with Gasteiger partial charge in [-0.05, 0) is 36.3 Å². The highest BCUT2D eigenvalue weighted by molar-refractivity contribution is 7.99. The molecule has 100 valence electrons. The molecule has 2 unspecified atom stereocenters. The van der Waals surface area contributed by atoms with Crippen molar-refractivity contribution in [2.45, 2.75) is 30.6 Å². The summed E-state index contributed by atoms with van der Waals surface area (Å²) in [6, 6.07) is 5.61. The fraction of sp³-hybridized carbons (Fsp3) is 0.571. The lowest BCUT2D eigenvalue weighted by Crippen LogP contribution is -2.19. The molecular weight excluding hydrogens is 248 g/mol. The average Bonchev–Trinajstić information content (AvgIpc) is 2.46. The smallest absolute Gasteiger partial charge is 0.122 e. The van der Waals surface area contributed by atoms with Crippen LogP contribution in [-0.4, -0.2) is 30.3 Å². The van der Waals surface area contributed by atoms with Crippen molar-refractivity contribution in [3.8, 4) is 11.5 Å². The third kappa shape index (κ3) is 3.12. The van der Waals surface area contributed by atoms with Crippen molar-refractivity contribution in [1.82, 2.24) is 0 Å². The Morgan fingerprint density at radius 2 is 1.83 bits per heavy atom. The molecule has 1 N–H and O–H groups in total. The average molecular weight is 268 g/mol. The number of aliphatic hydroxyl groups is 1. The van der Waals surface area contributed by atoms with Crippen molar-refractivity contribution in [3.05, 3.63) is 23.8 Å². The Balaban J connectivity index is 2.19. The quantitative estimate of drug-likeness (QED) is 0.911. The van der Waals surface area contributed by atoms with E-state index in [1.165, 1.54) is 12.8 Å². The minimum Gasteiger partial charge on any atom is -0.497 e. The van der Waals surface area contributed by atoms with Gasteiger partial charge in [0.1, 0.15) is 11.5 Å². The third-order valence-corrected chi connectivity index (χ3v) is 4.73. The van der Waals surface area contributed by atoms with Crippen LogP contribution in [0.1, 0.15) is 30.9 Å². The van der Waals surface area contributed by atoms with Crippen LogP contribution in [-0.2, 0) is 0 Å². The van der Waals surface area contributed by atoms with Gasteiger partial charge in [0.05, 0.1) is 20.3 Å². The maximum atomic E-state index is 10.5. The molecule has 1 aromatic carbocycles. The van der Waals surface area contributed by atoms with E-state index in [4.69, 9.17) is 9.47 Å². The molecule has 3 nitrogen and oxygen atoms in total. The predicted molar refractivity (Wildman–Crippen MR) is 74.6 cm³/mol. The fourth-order valence-electron chi connectivity index (χ4n) is 2.23. The Kier molecular flexibility index (Phi) is 4.78. The second-order valence-corrected chi connectivity index (χ2v) is 5.84. The summed E-state index contributed by atoms with van der Waals surface area (Å²) in [5.41, 5.74) is 0.880. The number of hydrogen-bond donors (Lipinski definition) is 1. The minimum absolute atomic E-state index is 0.288. The molecule has 4 heteroatoms. The number of thioether (sulfide) groups is 1. The van der Waals surface area contributed by atoms with Gasteiger partial charge in [-0.1, -0.05) is 6.42 Å². The van der Waals surface area contributed by atoms with E-state index in [2.05, 4.69) is 0 Å². The van der Waals surface area contributed by atoms with Gasteiger partial charge in [0.2, 0.25) is 0 Å². The SMILES string of the molecule is COc1cc(OC)cc(C(O)C2CCCCS2)c1. The van der Waals surface area contributed by atoms with Crippen molar-refractivity contribution in [2.75, 3.05) is 20.0 Å². The molecule has 1 aromatic rings. The van der Waals surface area contributed by atoms with E-state index < -0.39 is 6.10 Å². The van der Waals surface area contributed by atoms with Gasteiger partial charge in [-0.2, -0.15) is 11.8 Å². The lowest BCUT2D eigenvalue weighted by atomic mass is 10.0. The number of methoxy groups -OCH3 is 2. The number of aliphatic hydroxyl groups excluding tert-OH is 1. The number of ether oxygens (including phenoxy) is 2. The predicted octanol–water partition coefficient (Wildman–Crippen LogP) is 3.02. The summed E-state index contributed by atoms with van der Waals surface area (Å²) in [4.78, 5) is 0. The molecule has 1 aliphatic rings. The van der Waals surface area contributed by atoms with Crippen molar-refractivity contribution in [3.63, 3.8) is 0 Å². The molecule has 1 fully saturated rings. The van der Waals surface area contributed by atoms with Gasteiger partial charge in [0, 0.05) is 11.3 Å². The van der Waals surface area contributed by atoms with Crippen molar-refractivity contribution >= 4 is 11.8 Å². The van der Waals surface area contributed by atoms with Gasteiger partial charge in [-0.3, -0.25) is 0 Å². The summed E-state index contributed by atoms with van der Waals surface area (Å²) < 4.78 is 10.5. The van der Waals surface area contributed by atoms with Gasteiger partial charge >= 0.3 is 0 Å². The molecule has 2 atom stereocenters. The van der Waals surface area contributed by atoms with E-state index in [0.29, 0.717) is 0 Å². The highest BCUT2D eigenvalue weighted by Crippen LogP contribution is 2.37. The topological polar surface area (TPSA) is 38.7 Å². The Morgan fingerprint density at radius 1 is 1.17 bits per heavy atom. The van der Waals surface area contributed by atoms with Crippen LogP contribution in [0.3, 0.4) is 0 Å². The standard InChI is InChI=1S/C14H20O3S/c1-16-11-7-10(8-12(9-11)17-2)14(15)13-5-3-4-6-18-13/h7-9,13-15H,3-6H2,1-2H3. The van der Waals surface area contributed by atoms with E-state index in [1.807, 2.05) is 30.0 Å². The van der Waals surface area contributed by atoms with Crippen LogP contribution in [0.5, 0.6) is 11.5 Å². The van der Waals surface area contributed by atoms with Crippen LogP contribution in [0.2, 0.25) is 0 Å². The zero-order chi connectivity index (χ0) is 13.0. The van der Waals surface area contributed by atoms with E-state index in [1.54, 1.807) is 14.2 Å². The molecule has 1 heterocycles. The van der Waals surface area contributed by atoms with Crippen molar-refractivity contribution in [2.24, 2.45) is 0 Å². The van der Waals surface area contributed by atoms with Crippen LogP contribution in [0.15, 0.2) is 18.2 Å². The Hall–Kier alpha value is -0.870. The minimum atomic E-state index is -0.445. The molecule has 1 aliphatic heterocycles. The first-order valence-corrected chi connectivity index (χ1v) is 7.32. The van der Waals surface area contributed by atoms with Gasteiger partial charge < -0.3 is 14.6 Å². The van der Waals surface area contributed by atoms with Gasteiger partial charge in [0.25, 0.3) is 0 Å². The van der Waals surface area contributed by atoms with Gasteiger partial charge in [-0.25, -0.2) is 0 Å². The molecule has 0 saturated carbocycles. The normalized spacial score (nSPS) is 21.4. The van der Waals surface area contributed by atoms with Crippen LogP contribution in [0, 0.1) is 0 Å². The van der Waals surface area contributed by atoms with Crippen LogP contribution >= 0.6 is 11.8 Å². The monoisotopic (exact) mass is 268 g/mol. The highest BCUT2D eigenvalue weighted by atomic mass is 32.2. The summed E-state index contributed by atoms with van der Waals surface area (Å²) in [6.45, 7) is 0. The van der Waals surface area contributed by atoms with E-state index in [-0.39, 0.29) is 5.25 Å². The Bertz CT molecular complexity index is 366. The lowest BCUT2D eigenvalue weighted by molar-refractivity contribution is 0.168. The fourth-order valence-corrected chi connectivity index (χ4v) is 3.58. The molecule has 0 aliphatic carbocycles. The molecular formula is C14H20O3S. The van der Waals surface area contributed by atoms with Crippen LogP contribution in [0.25, 0.3) is 0 Å². The van der Waals surface area contributed by atoms with Crippen molar-refractivity contribution in [1.29, 1.82) is 0 Å². The Morgan fingerprint density at radius 3 is 2.33 bits per heavy atom. The van der Waals surface area contributed by atoms with Gasteiger partial charge in [0.15, 0.2) is 0 Å². The summed E-state index contributed by atoms with van der Waals surface area (Å²) >= 11 is 1.86. The first-order valence-electron chi connectivity index (χ1n) is 6.27. The molecule has 0 amide bonds.